The Kier molecular flexibility index (Phi) is 3.50. The molecule has 0 aliphatic carbocycles. The van der Waals surface area contributed by atoms with Crippen LogP contribution in [0.1, 0.15) is 11.6 Å². The van der Waals surface area contributed by atoms with Gasteiger partial charge in [0.15, 0.2) is 0 Å². The molecule has 3 rings (SSSR count). The largest absolute Gasteiger partial charge is 0.491 e. The topological polar surface area (TPSA) is 27.1 Å². The Hall–Kier alpha value is -1.07. The van der Waals surface area contributed by atoms with Gasteiger partial charge >= 0.3 is 0 Å². The van der Waals surface area contributed by atoms with Gasteiger partial charge in [-0.2, -0.15) is 0 Å². The van der Waals surface area contributed by atoms with Crippen LogP contribution in [0.5, 0.6) is 5.75 Å². The first-order valence-electron chi connectivity index (χ1n) is 6.10. The van der Waals surface area contributed by atoms with Crippen molar-refractivity contribution in [2.24, 2.45) is 0 Å². The number of hydrogen-bond donors (Lipinski definition) is 0. The number of para-hydroxylation sites is 1. The fraction of sp³-hybridized carbons (Fsp3) is 0.357. The Balaban J connectivity index is 2.16. The molecule has 0 radical (unpaired) electrons. The quantitative estimate of drug-likeness (QED) is 0.811. The molecule has 0 fully saturated rings. The van der Waals surface area contributed by atoms with Crippen molar-refractivity contribution in [3.63, 3.8) is 0 Å². The molecule has 1 aliphatic rings. The van der Waals surface area contributed by atoms with E-state index in [0.717, 1.165) is 5.75 Å². The van der Waals surface area contributed by atoms with E-state index < -0.39 is 0 Å². The second-order valence-corrected chi connectivity index (χ2v) is 6.99. The maximum absolute atomic E-state index is 5.97. The average molecular weight is 292 g/mol. The molecule has 1 atom stereocenters. The van der Waals surface area contributed by atoms with Crippen LogP contribution in [0.15, 0.2) is 43.0 Å². The van der Waals surface area contributed by atoms with Crippen molar-refractivity contribution in [2.75, 3.05) is 19.1 Å². The van der Waals surface area contributed by atoms with Crippen LogP contribution in [0.4, 0.5) is 0 Å². The third-order valence-electron chi connectivity index (χ3n) is 3.57. The van der Waals surface area contributed by atoms with Crippen LogP contribution < -0.4 is 4.74 Å². The summed E-state index contributed by atoms with van der Waals surface area (Å²) >= 11 is 3.70. The molecule has 2 heterocycles. The first kappa shape index (κ1) is 12.9. The van der Waals surface area contributed by atoms with E-state index in [2.05, 4.69) is 34.2 Å². The van der Waals surface area contributed by atoms with Crippen molar-refractivity contribution in [2.45, 2.75) is 10.1 Å². The molecule has 2 aromatic rings. The van der Waals surface area contributed by atoms with Gasteiger partial charge in [0, 0.05) is 18.0 Å². The highest BCUT2D eigenvalue weighted by molar-refractivity contribution is 8.17. The summed E-state index contributed by atoms with van der Waals surface area (Å²) in [5.41, 5.74) is 1.23. The highest BCUT2D eigenvalue weighted by Gasteiger charge is 2.45. The van der Waals surface area contributed by atoms with E-state index in [-0.39, 0.29) is 10.1 Å². The van der Waals surface area contributed by atoms with Gasteiger partial charge in [0.25, 0.3) is 0 Å². The Morgan fingerprint density at radius 3 is 2.79 bits per heavy atom. The average Bonchev–Trinajstić information content (AvgIpc) is 2.99. The Bertz CT molecular complexity index is 552. The molecule has 100 valence electrons. The molecule has 5 heteroatoms. The molecule has 1 unspecified atom stereocenters. The maximum atomic E-state index is 5.97. The van der Waals surface area contributed by atoms with Crippen molar-refractivity contribution in [3.8, 4) is 5.75 Å². The smallest absolute Gasteiger partial charge is 0.124 e. The standard InChI is InChI=1S/C14H16N2OS2/c1-18-14(19-2)9-17-12-6-4-3-5-11(12)13(14)16-8-7-15-10-16/h3-8,10,13H,9H2,1-2H3. The number of nitrogens with zero attached hydrogens (tertiary/aromatic N) is 2. The molecule has 0 saturated carbocycles. The summed E-state index contributed by atoms with van der Waals surface area (Å²) in [5, 5.41) is 0. The van der Waals surface area contributed by atoms with Gasteiger partial charge in [-0.05, 0) is 18.6 Å². The van der Waals surface area contributed by atoms with E-state index in [1.807, 2.05) is 54.4 Å². The lowest BCUT2D eigenvalue weighted by Crippen LogP contribution is -2.42. The number of ether oxygens (including phenoxy) is 1. The Morgan fingerprint density at radius 1 is 1.32 bits per heavy atom. The number of thioether (sulfide) groups is 2. The number of hydrogen-bond acceptors (Lipinski definition) is 4. The molecule has 3 nitrogen and oxygen atoms in total. The van der Waals surface area contributed by atoms with E-state index in [0.29, 0.717) is 6.61 Å². The van der Waals surface area contributed by atoms with E-state index >= 15 is 0 Å². The molecule has 1 aromatic carbocycles. The van der Waals surface area contributed by atoms with Gasteiger partial charge < -0.3 is 9.30 Å². The van der Waals surface area contributed by atoms with Crippen LogP contribution in [0.3, 0.4) is 0 Å². The van der Waals surface area contributed by atoms with Gasteiger partial charge in [-0.1, -0.05) is 18.2 Å². The van der Waals surface area contributed by atoms with Crippen LogP contribution in [0.2, 0.25) is 0 Å². The molecular weight excluding hydrogens is 276 g/mol. The lowest BCUT2D eigenvalue weighted by Gasteiger charge is -2.42. The van der Waals surface area contributed by atoms with Crippen LogP contribution in [-0.2, 0) is 0 Å². The minimum Gasteiger partial charge on any atom is -0.491 e. The zero-order valence-electron chi connectivity index (χ0n) is 10.9. The second-order valence-electron chi connectivity index (χ2n) is 4.46. The molecule has 0 amide bonds. The summed E-state index contributed by atoms with van der Waals surface area (Å²) in [6, 6.07) is 8.53. The molecule has 0 N–H and O–H groups in total. The van der Waals surface area contributed by atoms with Crippen molar-refractivity contribution in [3.05, 3.63) is 48.5 Å². The second kappa shape index (κ2) is 5.13. The SMILES string of the molecule is CSC1(SC)COc2ccccc2C1n1ccnc1. The maximum Gasteiger partial charge on any atom is 0.124 e. The summed E-state index contributed by atoms with van der Waals surface area (Å²) in [6.07, 6.45) is 10.1. The zero-order chi connectivity index (χ0) is 13.3. The number of benzene rings is 1. The van der Waals surface area contributed by atoms with Gasteiger partial charge in [0.2, 0.25) is 0 Å². The predicted octanol–water partition coefficient (Wildman–Crippen LogP) is 3.29. The summed E-state index contributed by atoms with van der Waals surface area (Å²) in [6.45, 7) is 0.704. The number of imidazole rings is 1. The third kappa shape index (κ3) is 2.05. The number of fused-ring (bicyclic) bond motifs is 1. The van der Waals surface area contributed by atoms with Crippen LogP contribution >= 0.6 is 23.5 Å². The van der Waals surface area contributed by atoms with Crippen LogP contribution in [-0.4, -0.2) is 32.7 Å². The van der Waals surface area contributed by atoms with E-state index in [1.54, 1.807) is 0 Å². The Morgan fingerprint density at radius 2 is 2.11 bits per heavy atom. The number of aromatic nitrogens is 2. The first-order chi connectivity index (χ1) is 9.30. The minimum absolute atomic E-state index is 0.0188. The molecule has 1 aliphatic heterocycles. The van der Waals surface area contributed by atoms with E-state index in [4.69, 9.17) is 4.74 Å². The Labute approximate surface area is 121 Å². The lowest BCUT2D eigenvalue weighted by atomic mass is 9.99. The van der Waals surface area contributed by atoms with Crippen molar-refractivity contribution in [1.82, 2.24) is 9.55 Å². The van der Waals surface area contributed by atoms with Gasteiger partial charge in [-0.15, -0.1) is 23.5 Å². The fourth-order valence-electron chi connectivity index (χ4n) is 2.57. The van der Waals surface area contributed by atoms with Gasteiger partial charge in [-0.3, -0.25) is 0 Å². The van der Waals surface area contributed by atoms with Crippen molar-refractivity contribution in [1.29, 1.82) is 0 Å². The highest BCUT2D eigenvalue weighted by atomic mass is 32.2. The molecular formula is C14H16N2OS2. The number of rotatable bonds is 3. The first-order valence-corrected chi connectivity index (χ1v) is 8.55. The normalized spacial score (nSPS) is 20.6. The van der Waals surface area contributed by atoms with E-state index in [9.17, 15) is 0 Å². The minimum atomic E-state index is -0.0188. The summed E-state index contributed by atoms with van der Waals surface area (Å²) < 4.78 is 8.14. The molecule has 0 saturated heterocycles. The molecule has 0 bridgehead atoms. The van der Waals surface area contributed by atoms with Crippen LogP contribution in [0, 0.1) is 0 Å². The van der Waals surface area contributed by atoms with Crippen molar-refractivity contribution >= 4 is 23.5 Å². The van der Waals surface area contributed by atoms with Gasteiger partial charge in [-0.25, -0.2) is 4.98 Å². The van der Waals surface area contributed by atoms with E-state index in [1.165, 1.54) is 5.56 Å². The van der Waals surface area contributed by atoms with Crippen molar-refractivity contribution < 1.29 is 4.74 Å². The molecule has 0 spiro atoms. The summed E-state index contributed by atoms with van der Waals surface area (Å²) in [4.78, 5) is 4.21. The zero-order valence-corrected chi connectivity index (χ0v) is 12.6. The predicted molar refractivity (Wildman–Crippen MR) is 82.1 cm³/mol. The monoisotopic (exact) mass is 292 g/mol. The highest BCUT2D eigenvalue weighted by Crippen LogP contribution is 2.51. The summed E-state index contributed by atoms with van der Waals surface area (Å²) in [7, 11) is 0. The fourth-order valence-corrected chi connectivity index (χ4v) is 4.53. The molecule has 1 aromatic heterocycles. The van der Waals surface area contributed by atoms with Gasteiger partial charge in [0.1, 0.15) is 16.4 Å². The molecule has 19 heavy (non-hydrogen) atoms. The van der Waals surface area contributed by atoms with Crippen LogP contribution in [0.25, 0.3) is 0 Å². The lowest BCUT2D eigenvalue weighted by molar-refractivity contribution is 0.250. The third-order valence-corrected chi connectivity index (χ3v) is 6.64. The van der Waals surface area contributed by atoms with Gasteiger partial charge in [0.05, 0.1) is 12.4 Å². The summed E-state index contributed by atoms with van der Waals surface area (Å²) in [5.74, 6) is 0.986.